The molecule has 1 N–H and O–H groups in total. The zero-order valence-corrected chi connectivity index (χ0v) is 18.6. The Hall–Kier alpha value is -3.88. The molecule has 0 saturated heterocycles. The highest BCUT2D eigenvalue weighted by molar-refractivity contribution is 5.99. The van der Waals surface area contributed by atoms with Crippen LogP contribution in [0.3, 0.4) is 0 Å². The monoisotopic (exact) mass is 432 g/mol. The zero-order valence-electron chi connectivity index (χ0n) is 18.6. The summed E-state index contributed by atoms with van der Waals surface area (Å²) in [7, 11) is 0. The number of carbonyl (C=O) groups excluding carboxylic acids is 2. The standard InChI is InChI=1S/C23H24N6O3/c1-6-19(30)17-7-13(2)16(11-24-17)18-8-14-10-25-20(27-22(31)32-23(3,4)5)9-15(14)21-28-26-12-29(18)21/h7-12H,6H2,1-5H3,(H,25,27,31). The Morgan fingerprint density at radius 2 is 1.91 bits per heavy atom. The molecule has 0 fully saturated rings. The van der Waals surface area contributed by atoms with E-state index in [0.29, 0.717) is 23.6 Å². The number of pyridine rings is 3. The number of carbonyl (C=O) groups is 2. The van der Waals surface area contributed by atoms with Gasteiger partial charge in [0.25, 0.3) is 0 Å². The van der Waals surface area contributed by atoms with Crippen LogP contribution in [-0.4, -0.2) is 42.0 Å². The lowest BCUT2D eigenvalue weighted by Gasteiger charge is -2.19. The van der Waals surface area contributed by atoms with Crippen LogP contribution in [-0.2, 0) is 4.74 Å². The van der Waals surface area contributed by atoms with E-state index in [0.717, 1.165) is 27.6 Å². The molecule has 0 bridgehead atoms. The molecule has 1 amide bonds. The largest absolute Gasteiger partial charge is 0.444 e. The van der Waals surface area contributed by atoms with Gasteiger partial charge in [0.15, 0.2) is 11.4 Å². The molecule has 0 aliphatic heterocycles. The summed E-state index contributed by atoms with van der Waals surface area (Å²) in [6.07, 6.45) is 4.81. The van der Waals surface area contributed by atoms with Crippen molar-refractivity contribution in [3.05, 3.63) is 48.2 Å². The summed E-state index contributed by atoms with van der Waals surface area (Å²) in [5, 5.41) is 12.6. The second-order valence-corrected chi connectivity index (χ2v) is 8.50. The molecular weight excluding hydrogens is 408 g/mol. The van der Waals surface area contributed by atoms with E-state index >= 15 is 0 Å². The van der Waals surface area contributed by atoms with Gasteiger partial charge in [0.05, 0.1) is 5.69 Å². The van der Waals surface area contributed by atoms with Gasteiger partial charge in [-0.25, -0.2) is 9.78 Å². The molecule has 4 heterocycles. The lowest BCUT2D eigenvalue weighted by Crippen LogP contribution is -2.27. The van der Waals surface area contributed by atoms with Crippen molar-refractivity contribution in [2.24, 2.45) is 0 Å². The van der Waals surface area contributed by atoms with Gasteiger partial charge in [0.1, 0.15) is 23.4 Å². The highest BCUT2D eigenvalue weighted by Crippen LogP contribution is 2.30. The topological polar surface area (TPSA) is 111 Å². The molecule has 0 spiro atoms. The Balaban J connectivity index is 1.78. The molecule has 4 aromatic rings. The average molecular weight is 432 g/mol. The van der Waals surface area contributed by atoms with Crippen LogP contribution in [0.2, 0.25) is 0 Å². The number of fused-ring (bicyclic) bond motifs is 3. The van der Waals surface area contributed by atoms with Crippen LogP contribution >= 0.6 is 0 Å². The summed E-state index contributed by atoms with van der Waals surface area (Å²) in [5.74, 6) is 0.353. The van der Waals surface area contributed by atoms with E-state index in [-0.39, 0.29) is 5.78 Å². The summed E-state index contributed by atoms with van der Waals surface area (Å²) in [6, 6.07) is 5.50. The van der Waals surface area contributed by atoms with E-state index in [4.69, 9.17) is 4.74 Å². The molecule has 0 aromatic carbocycles. The van der Waals surface area contributed by atoms with Gasteiger partial charge < -0.3 is 4.74 Å². The molecule has 0 radical (unpaired) electrons. The van der Waals surface area contributed by atoms with Gasteiger partial charge in [-0.3, -0.25) is 19.5 Å². The van der Waals surface area contributed by atoms with Gasteiger partial charge in [0, 0.05) is 35.2 Å². The van der Waals surface area contributed by atoms with Crippen LogP contribution in [0.1, 0.15) is 50.2 Å². The summed E-state index contributed by atoms with van der Waals surface area (Å²) in [6.45, 7) is 9.14. The fourth-order valence-corrected chi connectivity index (χ4v) is 3.43. The normalized spacial score (nSPS) is 11.7. The summed E-state index contributed by atoms with van der Waals surface area (Å²) < 4.78 is 7.15. The van der Waals surface area contributed by atoms with Crippen molar-refractivity contribution >= 4 is 34.1 Å². The Kier molecular flexibility index (Phi) is 5.33. The molecule has 164 valence electrons. The molecule has 4 aromatic heterocycles. The fourth-order valence-electron chi connectivity index (χ4n) is 3.43. The van der Waals surface area contributed by atoms with Crippen LogP contribution in [0.15, 0.2) is 36.9 Å². The highest BCUT2D eigenvalue weighted by Gasteiger charge is 2.18. The zero-order chi connectivity index (χ0) is 23.0. The van der Waals surface area contributed by atoms with Gasteiger partial charge in [-0.2, -0.15) is 0 Å². The number of Topliss-reactive ketones (excluding diaryl/α,β-unsaturated/α-hetero) is 1. The molecule has 0 aliphatic carbocycles. The summed E-state index contributed by atoms with van der Waals surface area (Å²) in [5.41, 5.74) is 3.06. The third-order valence-corrected chi connectivity index (χ3v) is 4.90. The van der Waals surface area contributed by atoms with Crippen molar-refractivity contribution < 1.29 is 14.3 Å². The van der Waals surface area contributed by atoms with Crippen LogP contribution < -0.4 is 5.32 Å². The first-order valence-electron chi connectivity index (χ1n) is 10.3. The minimum Gasteiger partial charge on any atom is -0.444 e. The van der Waals surface area contributed by atoms with E-state index in [1.165, 1.54) is 0 Å². The average Bonchev–Trinajstić information content (AvgIpc) is 3.21. The predicted molar refractivity (Wildman–Crippen MR) is 121 cm³/mol. The maximum atomic E-state index is 12.1. The second-order valence-electron chi connectivity index (χ2n) is 8.50. The molecule has 0 aliphatic rings. The Morgan fingerprint density at radius 3 is 2.59 bits per heavy atom. The number of anilines is 1. The second kappa shape index (κ2) is 7.99. The van der Waals surface area contributed by atoms with Crippen molar-refractivity contribution in [2.45, 2.75) is 46.6 Å². The van der Waals surface area contributed by atoms with Gasteiger partial charge in [-0.05, 0) is 51.5 Å². The van der Waals surface area contributed by atoms with Gasteiger partial charge in [-0.1, -0.05) is 6.92 Å². The Bertz CT molecular complexity index is 1350. The highest BCUT2D eigenvalue weighted by atomic mass is 16.6. The third-order valence-electron chi connectivity index (χ3n) is 4.90. The molecule has 32 heavy (non-hydrogen) atoms. The first-order valence-corrected chi connectivity index (χ1v) is 10.3. The Labute approximate surface area is 184 Å². The maximum Gasteiger partial charge on any atom is 0.413 e. The fraction of sp³-hybridized carbons (Fsp3) is 0.304. The molecule has 0 atom stereocenters. The SMILES string of the molecule is CCC(=O)c1cc(C)c(-c2cc3cnc(NC(=O)OC(C)(C)C)cc3c3nncn23)cn1. The van der Waals surface area contributed by atoms with Gasteiger partial charge >= 0.3 is 6.09 Å². The number of aryl methyl sites for hydroxylation is 1. The number of nitrogens with zero attached hydrogens (tertiary/aromatic N) is 5. The number of nitrogens with one attached hydrogen (secondary N) is 1. The molecule has 4 rings (SSSR count). The molecule has 0 unspecified atom stereocenters. The number of hydrogen-bond acceptors (Lipinski definition) is 7. The summed E-state index contributed by atoms with van der Waals surface area (Å²) in [4.78, 5) is 32.8. The predicted octanol–water partition coefficient (Wildman–Crippen LogP) is 4.59. The number of aromatic nitrogens is 5. The van der Waals surface area contributed by atoms with Crippen molar-refractivity contribution in [3.8, 4) is 11.3 Å². The van der Waals surface area contributed by atoms with Crippen LogP contribution in [0, 0.1) is 6.92 Å². The van der Waals surface area contributed by atoms with Crippen molar-refractivity contribution in [3.63, 3.8) is 0 Å². The van der Waals surface area contributed by atoms with Crippen LogP contribution in [0.25, 0.3) is 27.7 Å². The molecule has 9 heteroatoms. The minimum absolute atomic E-state index is 0.00169. The van der Waals surface area contributed by atoms with Gasteiger partial charge in [-0.15, -0.1) is 10.2 Å². The Morgan fingerprint density at radius 1 is 1.12 bits per heavy atom. The number of ether oxygens (including phenoxy) is 1. The van der Waals surface area contributed by atoms with Crippen LogP contribution in [0.4, 0.5) is 10.6 Å². The summed E-state index contributed by atoms with van der Waals surface area (Å²) >= 11 is 0. The van der Waals surface area contributed by atoms with E-state index in [9.17, 15) is 9.59 Å². The quantitative estimate of drug-likeness (QED) is 0.470. The number of amides is 1. The lowest BCUT2D eigenvalue weighted by atomic mass is 10.0. The van der Waals surface area contributed by atoms with E-state index in [1.807, 2.05) is 24.3 Å². The lowest BCUT2D eigenvalue weighted by molar-refractivity contribution is 0.0635. The third kappa shape index (κ3) is 4.14. The van der Waals surface area contributed by atoms with Gasteiger partial charge in [0.2, 0.25) is 0 Å². The van der Waals surface area contributed by atoms with E-state index in [1.54, 1.807) is 51.6 Å². The van der Waals surface area contributed by atoms with E-state index < -0.39 is 11.7 Å². The first kappa shape index (κ1) is 21.4. The molecular formula is C23H24N6O3. The van der Waals surface area contributed by atoms with Crippen molar-refractivity contribution in [1.82, 2.24) is 24.6 Å². The van der Waals surface area contributed by atoms with E-state index in [2.05, 4.69) is 25.5 Å². The number of rotatable bonds is 4. The maximum absolute atomic E-state index is 12.1. The minimum atomic E-state index is -0.612. The van der Waals surface area contributed by atoms with Crippen LogP contribution in [0.5, 0.6) is 0 Å². The number of hydrogen-bond donors (Lipinski definition) is 1. The van der Waals surface area contributed by atoms with Crippen molar-refractivity contribution in [2.75, 3.05) is 5.32 Å². The molecule has 0 saturated carbocycles. The molecule has 9 nitrogen and oxygen atoms in total. The smallest absolute Gasteiger partial charge is 0.413 e. The van der Waals surface area contributed by atoms with Crippen molar-refractivity contribution in [1.29, 1.82) is 0 Å². The first-order chi connectivity index (χ1) is 15.2. The number of ketones is 1.